The lowest BCUT2D eigenvalue weighted by Crippen LogP contribution is -2.27. The molecule has 0 radical (unpaired) electrons. The highest BCUT2D eigenvalue weighted by molar-refractivity contribution is 6.30. The van der Waals surface area contributed by atoms with Crippen LogP contribution in [-0.2, 0) is 20.0 Å². The molecule has 1 N–H and O–H groups in total. The summed E-state index contributed by atoms with van der Waals surface area (Å²) in [6.45, 7) is 6.89. The third-order valence-electron chi connectivity index (χ3n) is 5.56. The minimum Gasteiger partial charge on any atom is -0.361 e. The summed E-state index contributed by atoms with van der Waals surface area (Å²) in [5.74, 6) is 1.44. The Morgan fingerprint density at radius 1 is 1.28 bits per heavy atom. The van der Waals surface area contributed by atoms with Gasteiger partial charge in [0.25, 0.3) is 0 Å². The first-order valence-electron chi connectivity index (χ1n) is 10.2. The van der Waals surface area contributed by atoms with Gasteiger partial charge in [-0.1, -0.05) is 47.1 Å². The molecule has 154 valence electrons. The second-order valence-corrected chi connectivity index (χ2v) is 8.25. The van der Waals surface area contributed by atoms with Gasteiger partial charge in [0.05, 0.1) is 0 Å². The zero-order valence-electron chi connectivity index (χ0n) is 17.1. The van der Waals surface area contributed by atoms with Crippen LogP contribution in [0, 0.1) is 12.8 Å². The highest BCUT2D eigenvalue weighted by Crippen LogP contribution is 2.30. The van der Waals surface area contributed by atoms with Crippen molar-refractivity contribution in [3.05, 3.63) is 58.4 Å². The molecule has 0 saturated carbocycles. The van der Waals surface area contributed by atoms with Crippen molar-refractivity contribution in [1.82, 2.24) is 25.2 Å². The number of aromatic nitrogens is 3. The summed E-state index contributed by atoms with van der Waals surface area (Å²) in [6.07, 6.45) is 2.28. The van der Waals surface area contributed by atoms with Crippen LogP contribution in [0.4, 0.5) is 0 Å². The first kappa shape index (κ1) is 20.1. The molecule has 0 spiro atoms. The standard InChI is InChI=1S/C22H28ClN5O/c1-16-12-20(26-29-16)21-19(22(23)27(2)25-21)15-28-11-9-18(14-28)13-24-10-8-17-6-4-3-5-7-17/h3-7,12,18,24H,8-11,13-15H2,1-2H3. The summed E-state index contributed by atoms with van der Waals surface area (Å²) >= 11 is 6.55. The van der Waals surface area contributed by atoms with E-state index in [1.807, 2.05) is 20.0 Å². The topological polar surface area (TPSA) is 59.1 Å². The average molecular weight is 414 g/mol. The Morgan fingerprint density at radius 3 is 2.86 bits per heavy atom. The fourth-order valence-electron chi connectivity index (χ4n) is 4.00. The van der Waals surface area contributed by atoms with E-state index >= 15 is 0 Å². The number of likely N-dealkylation sites (tertiary alicyclic amines) is 1. The van der Waals surface area contributed by atoms with E-state index in [0.29, 0.717) is 11.1 Å². The zero-order valence-corrected chi connectivity index (χ0v) is 17.8. The summed E-state index contributed by atoms with van der Waals surface area (Å²) in [7, 11) is 1.87. The summed E-state index contributed by atoms with van der Waals surface area (Å²) < 4.78 is 6.95. The Morgan fingerprint density at radius 2 is 2.10 bits per heavy atom. The Labute approximate surface area is 176 Å². The van der Waals surface area contributed by atoms with Gasteiger partial charge in [0.1, 0.15) is 22.3 Å². The number of benzene rings is 1. The van der Waals surface area contributed by atoms with Crippen LogP contribution in [-0.4, -0.2) is 46.0 Å². The quantitative estimate of drug-likeness (QED) is 0.571. The highest BCUT2D eigenvalue weighted by atomic mass is 35.5. The maximum absolute atomic E-state index is 6.55. The largest absolute Gasteiger partial charge is 0.361 e. The molecule has 1 unspecified atom stereocenters. The summed E-state index contributed by atoms with van der Waals surface area (Å²) in [5, 5.41) is 13.0. The lowest BCUT2D eigenvalue weighted by atomic mass is 10.1. The second kappa shape index (κ2) is 9.11. The molecule has 1 aliphatic rings. The molecule has 6 nitrogen and oxygen atoms in total. The molecule has 1 atom stereocenters. The van der Waals surface area contributed by atoms with E-state index in [1.165, 1.54) is 12.0 Å². The van der Waals surface area contributed by atoms with Gasteiger partial charge in [-0.05, 0) is 50.9 Å². The maximum Gasteiger partial charge on any atom is 0.134 e. The summed E-state index contributed by atoms with van der Waals surface area (Å²) in [6, 6.07) is 12.5. The number of nitrogens with zero attached hydrogens (tertiary/aromatic N) is 4. The fourth-order valence-corrected chi connectivity index (χ4v) is 4.19. The number of aryl methyl sites for hydroxylation is 2. The summed E-state index contributed by atoms with van der Waals surface area (Å²) in [5.41, 5.74) is 3.98. The molecule has 29 heavy (non-hydrogen) atoms. The van der Waals surface area contributed by atoms with Crippen molar-refractivity contribution in [3.8, 4) is 11.4 Å². The minimum absolute atomic E-state index is 0.666. The van der Waals surface area contributed by atoms with E-state index in [2.05, 4.69) is 50.8 Å². The molecule has 1 aliphatic heterocycles. The van der Waals surface area contributed by atoms with Gasteiger partial charge in [-0.2, -0.15) is 5.10 Å². The number of hydrogen-bond acceptors (Lipinski definition) is 5. The van der Waals surface area contributed by atoms with Gasteiger partial charge in [-0.3, -0.25) is 9.58 Å². The smallest absolute Gasteiger partial charge is 0.134 e. The Kier molecular flexibility index (Phi) is 6.33. The zero-order chi connectivity index (χ0) is 20.2. The van der Waals surface area contributed by atoms with E-state index in [4.69, 9.17) is 16.1 Å². The molecule has 3 heterocycles. The van der Waals surface area contributed by atoms with Gasteiger partial charge in [-0.25, -0.2) is 0 Å². The van der Waals surface area contributed by atoms with Crippen LogP contribution in [0.5, 0.6) is 0 Å². The third-order valence-corrected chi connectivity index (χ3v) is 6.03. The van der Waals surface area contributed by atoms with E-state index in [1.54, 1.807) is 4.68 Å². The van der Waals surface area contributed by atoms with Crippen molar-refractivity contribution in [2.24, 2.45) is 13.0 Å². The molecule has 0 amide bonds. The molecular weight excluding hydrogens is 386 g/mol. The predicted molar refractivity (Wildman–Crippen MR) is 115 cm³/mol. The van der Waals surface area contributed by atoms with Crippen LogP contribution in [0.1, 0.15) is 23.3 Å². The minimum atomic E-state index is 0.666. The van der Waals surface area contributed by atoms with Crippen molar-refractivity contribution in [2.75, 3.05) is 26.2 Å². The SMILES string of the molecule is Cc1cc(-c2nn(C)c(Cl)c2CN2CCC(CNCCc3ccccc3)C2)no1. The molecular formula is C22H28ClN5O. The predicted octanol–water partition coefficient (Wildman–Crippen LogP) is 3.69. The molecule has 4 rings (SSSR count). The Bertz CT molecular complexity index is 936. The van der Waals surface area contributed by atoms with Crippen LogP contribution in [0.3, 0.4) is 0 Å². The highest BCUT2D eigenvalue weighted by Gasteiger charge is 2.26. The van der Waals surface area contributed by atoms with E-state index in [-0.39, 0.29) is 0 Å². The van der Waals surface area contributed by atoms with E-state index in [9.17, 15) is 0 Å². The number of rotatable bonds is 8. The van der Waals surface area contributed by atoms with Gasteiger partial charge >= 0.3 is 0 Å². The molecule has 1 saturated heterocycles. The first-order chi connectivity index (χ1) is 14.1. The average Bonchev–Trinajstić information content (AvgIpc) is 3.42. The molecule has 1 aromatic carbocycles. The molecule has 0 aliphatic carbocycles. The normalized spacial score (nSPS) is 17.3. The van der Waals surface area contributed by atoms with Crippen molar-refractivity contribution in [1.29, 1.82) is 0 Å². The third kappa shape index (κ3) is 4.89. The van der Waals surface area contributed by atoms with Crippen molar-refractivity contribution >= 4 is 11.6 Å². The van der Waals surface area contributed by atoms with Gasteiger partial charge in [0.15, 0.2) is 0 Å². The van der Waals surface area contributed by atoms with Gasteiger partial charge in [0, 0.05) is 31.8 Å². The first-order valence-corrected chi connectivity index (χ1v) is 10.6. The Hall–Kier alpha value is -2.15. The van der Waals surface area contributed by atoms with Crippen LogP contribution < -0.4 is 5.32 Å². The van der Waals surface area contributed by atoms with Crippen molar-refractivity contribution in [2.45, 2.75) is 26.3 Å². The molecule has 3 aromatic rings. The number of halogens is 1. The van der Waals surface area contributed by atoms with Crippen LogP contribution in [0.15, 0.2) is 40.9 Å². The Balaban J connectivity index is 1.30. The van der Waals surface area contributed by atoms with Crippen molar-refractivity contribution in [3.63, 3.8) is 0 Å². The second-order valence-electron chi connectivity index (χ2n) is 7.89. The lowest BCUT2D eigenvalue weighted by molar-refractivity contribution is 0.314. The van der Waals surface area contributed by atoms with E-state index in [0.717, 1.165) is 61.9 Å². The summed E-state index contributed by atoms with van der Waals surface area (Å²) in [4.78, 5) is 2.46. The molecule has 2 aromatic heterocycles. The maximum atomic E-state index is 6.55. The van der Waals surface area contributed by atoms with Gasteiger partial charge in [-0.15, -0.1) is 0 Å². The van der Waals surface area contributed by atoms with Crippen LogP contribution >= 0.6 is 11.6 Å². The molecule has 7 heteroatoms. The number of hydrogen-bond donors (Lipinski definition) is 1. The molecule has 1 fully saturated rings. The van der Waals surface area contributed by atoms with Crippen LogP contribution in [0.2, 0.25) is 5.15 Å². The monoisotopic (exact) mass is 413 g/mol. The fraction of sp³-hybridized carbons (Fsp3) is 0.455. The lowest BCUT2D eigenvalue weighted by Gasteiger charge is -2.16. The van der Waals surface area contributed by atoms with Gasteiger partial charge < -0.3 is 9.84 Å². The van der Waals surface area contributed by atoms with E-state index < -0.39 is 0 Å². The molecule has 0 bridgehead atoms. The van der Waals surface area contributed by atoms with Crippen LogP contribution in [0.25, 0.3) is 11.4 Å². The van der Waals surface area contributed by atoms with Crippen molar-refractivity contribution < 1.29 is 4.52 Å². The number of nitrogens with one attached hydrogen (secondary N) is 1. The van der Waals surface area contributed by atoms with Gasteiger partial charge in [0.2, 0.25) is 0 Å².